The van der Waals surface area contributed by atoms with Gasteiger partial charge in [0.1, 0.15) is 64.7 Å². The highest BCUT2D eigenvalue weighted by molar-refractivity contribution is 8.01. The highest BCUT2D eigenvalue weighted by Gasteiger charge is 2.56. The van der Waals surface area contributed by atoms with Crippen molar-refractivity contribution in [3.05, 3.63) is 22.6 Å². The molecule has 6 N–H and O–H groups in total. The van der Waals surface area contributed by atoms with Crippen molar-refractivity contribution in [3.63, 3.8) is 0 Å². The van der Waals surface area contributed by atoms with Crippen LogP contribution in [0.1, 0.15) is 99.9 Å². The molecule has 0 bridgehead atoms. The van der Waals surface area contributed by atoms with Gasteiger partial charge < -0.3 is 68.9 Å². The van der Waals surface area contributed by atoms with Crippen molar-refractivity contribution in [2.75, 3.05) is 39.8 Å². The van der Waals surface area contributed by atoms with Gasteiger partial charge in [0.25, 0.3) is 5.91 Å². The quantitative estimate of drug-likeness (QED) is 0.0841. The van der Waals surface area contributed by atoms with E-state index in [-0.39, 0.29) is 49.4 Å². The van der Waals surface area contributed by atoms with Gasteiger partial charge in [-0.05, 0) is 97.8 Å². The number of carbonyl (C=O) groups is 5. The Balaban J connectivity index is 0.000000304. The molecule has 7 rings (SSSR count). The second kappa shape index (κ2) is 27.5. The maximum atomic E-state index is 14.2. The molecule has 0 saturated carbocycles. The molecule has 5 aliphatic rings. The minimum Gasteiger partial charge on any atom is -0.477 e. The summed E-state index contributed by atoms with van der Waals surface area (Å²) in [7, 11) is 6.77. The van der Waals surface area contributed by atoms with Crippen molar-refractivity contribution in [1.82, 2.24) is 45.5 Å². The number of aromatic nitrogens is 6. The summed E-state index contributed by atoms with van der Waals surface area (Å²) < 4.78 is 45.8. The SMILES string of the molecule is CC[C@H]1OC(=O)[C@H](C)[C@@H](O[C@H]2C[C@@](C)(OC)[C@@H](O)[C@H](C)O2)C(C)[C@@H](O[C@@H]2O[C@H](C)C[C@H](N(C)C)[C@H]2O)[C@](C)(OC)C[C@@H](C)C(=O)[C@H](C)[C@@H](O)[C@]1(C)O.Cc1nnc(SCC2=C(C(=O)O)N3C(=O)[C@@H](NC(=O)Cn4cnnn4)[C@H]3SC2)s1. The Bertz CT molecular complexity index is 2530. The predicted octanol–water partition coefficient (Wildman–Crippen LogP) is 1.80. The first kappa shape index (κ1) is 66.3. The number of aliphatic carboxylic acids is 1. The van der Waals surface area contributed by atoms with Crippen molar-refractivity contribution in [2.45, 2.75) is 208 Å². The second-order valence-corrected chi connectivity index (χ2v) is 26.2. The van der Waals surface area contributed by atoms with Crippen LogP contribution in [0, 0.1) is 30.6 Å². The smallest absolute Gasteiger partial charge is 0.352 e. The summed E-state index contributed by atoms with van der Waals surface area (Å²) in [5.74, 6) is -5.66. The minimum atomic E-state index is -1.96. The number of nitrogens with zero attached hydrogens (tertiary/aromatic N) is 8. The molecule has 2 aromatic heterocycles. The lowest BCUT2D eigenvalue weighted by Crippen LogP contribution is -2.70. The van der Waals surface area contributed by atoms with Gasteiger partial charge in [0.15, 0.2) is 16.9 Å². The largest absolute Gasteiger partial charge is 0.477 e. The normalized spacial score (nSPS) is 39.0. The molecule has 2 amide bonds. The van der Waals surface area contributed by atoms with E-state index in [9.17, 15) is 49.5 Å². The maximum absolute atomic E-state index is 14.2. The number of carboxylic acid groups (broad SMARTS) is 1. The molecule has 29 heteroatoms. The monoisotopic (exact) mass is 1200 g/mol. The first-order valence-corrected chi connectivity index (χ1v) is 30.0. The zero-order valence-electron chi connectivity index (χ0n) is 48.8. The molecule has 7 heterocycles. The topological polar surface area (TPSA) is 339 Å². The Morgan fingerprint density at radius 3 is 2.21 bits per heavy atom. The molecule has 5 aliphatic heterocycles. The third-order valence-corrected chi connectivity index (χ3v) is 19.8. The molecule has 0 spiro atoms. The van der Waals surface area contributed by atoms with Gasteiger partial charge in [-0.3, -0.25) is 24.1 Å². The molecule has 81 heavy (non-hydrogen) atoms. The van der Waals surface area contributed by atoms with Gasteiger partial charge in [-0.1, -0.05) is 50.8 Å². The maximum Gasteiger partial charge on any atom is 0.352 e. The number of ether oxygens (including phenoxy) is 7. The van der Waals surface area contributed by atoms with E-state index in [0.29, 0.717) is 23.5 Å². The van der Waals surface area contributed by atoms with Gasteiger partial charge in [-0.15, -0.1) is 27.1 Å². The van der Waals surface area contributed by atoms with E-state index in [0.717, 1.165) is 9.35 Å². The number of hydrogen-bond acceptors (Lipinski definition) is 25. The first-order valence-electron chi connectivity index (χ1n) is 27.2. The highest BCUT2D eigenvalue weighted by Crippen LogP contribution is 2.44. The van der Waals surface area contributed by atoms with Gasteiger partial charge in [-0.25, -0.2) is 9.48 Å². The highest BCUT2D eigenvalue weighted by atomic mass is 32.2. The number of carboxylic acids is 1. The Hall–Kier alpha value is -3.82. The average molecular weight is 1200 g/mol. The van der Waals surface area contributed by atoms with Crippen LogP contribution in [-0.4, -0.2) is 231 Å². The summed E-state index contributed by atoms with van der Waals surface area (Å²) >= 11 is 4.24. The standard InChI is InChI=1S/C38H69NO13.C14H14N8O4S3/c1-15-26-38(10,45)31(42)21(4)28(40)19(2)17-37(9,47-14)33(52-35-29(41)25(39(11)12)16-20(3)48-35)22(5)30(23(6)34(44)50-26)51-27-18-36(8,46-13)32(43)24(7)49-27;1-6-17-18-14(29-6)28-4-7-3-27-12-9(11(24)22(12)10(7)13(25)26)16-8(23)2-21-5-15-19-20-21/h19-27,29-33,35,41-43,45H,15-18H2,1-14H3;5,9,12H,2-4H2,1H3,(H,16,23)(H,25,26)/t19-,20-,21+,22?,23-,24+,25+,26-,27+,29-,30+,31-,32+,33-,35+,36-,37-,38-;9-,12-/m11/s1. The van der Waals surface area contributed by atoms with E-state index in [1.54, 1.807) is 48.5 Å². The molecular formula is C52H83N9O17S3. The van der Waals surface area contributed by atoms with Crippen LogP contribution in [0.2, 0.25) is 0 Å². The molecule has 2 aromatic rings. The molecule has 4 saturated heterocycles. The number of fused-ring (bicyclic) bond motifs is 1. The van der Waals surface area contributed by atoms with Crippen LogP contribution in [-0.2, 0) is 63.7 Å². The number of aliphatic hydroxyl groups is 4. The number of β-lactam (4-membered cyclic amide) rings is 1. The molecule has 26 nitrogen and oxygen atoms in total. The number of hydrogen-bond donors (Lipinski definition) is 6. The summed E-state index contributed by atoms with van der Waals surface area (Å²) in [6.45, 7) is 18.8. The Morgan fingerprint density at radius 1 is 0.951 bits per heavy atom. The van der Waals surface area contributed by atoms with E-state index < -0.39 is 131 Å². The lowest BCUT2D eigenvalue weighted by Gasteiger charge is -2.50. The van der Waals surface area contributed by atoms with E-state index in [1.165, 1.54) is 71.9 Å². The number of aliphatic hydroxyl groups excluding tert-OH is 3. The Kier molecular flexibility index (Phi) is 22.5. The van der Waals surface area contributed by atoms with Crippen LogP contribution in [0.15, 0.2) is 21.9 Å². The summed E-state index contributed by atoms with van der Waals surface area (Å²) in [4.78, 5) is 67.9. The summed E-state index contributed by atoms with van der Waals surface area (Å²) in [5, 5.41) is 76.7. The number of methoxy groups -OCH3 is 2. The van der Waals surface area contributed by atoms with Gasteiger partial charge in [-0.2, -0.15) is 0 Å². The number of rotatable bonds is 15. The minimum absolute atomic E-state index is 0.0153. The lowest BCUT2D eigenvalue weighted by atomic mass is 9.74. The van der Waals surface area contributed by atoms with E-state index in [4.69, 9.17) is 33.2 Å². The zero-order chi connectivity index (χ0) is 60.2. The number of Topliss-reactive ketones (excluding diaryl/α,β-unsaturated/α-hetero) is 1. The van der Waals surface area contributed by atoms with Gasteiger partial charge in [0.05, 0.1) is 47.6 Å². The molecule has 1 unspecified atom stereocenters. The number of aryl methyl sites for hydroxylation is 1. The van der Waals surface area contributed by atoms with Crippen molar-refractivity contribution in [1.29, 1.82) is 0 Å². The number of cyclic esters (lactones) is 1. The van der Waals surface area contributed by atoms with Gasteiger partial charge in [0.2, 0.25) is 5.91 Å². The van der Waals surface area contributed by atoms with Crippen LogP contribution in [0.25, 0.3) is 0 Å². The number of ketones is 1. The number of amides is 2. The third-order valence-electron chi connectivity index (χ3n) is 16.4. The molecule has 0 radical (unpaired) electrons. The first-order chi connectivity index (χ1) is 37.9. The van der Waals surface area contributed by atoms with Crippen molar-refractivity contribution in [3.8, 4) is 0 Å². The van der Waals surface area contributed by atoms with Crippen molar-refractivity contribution >= 4 is 64.4 Å². The number of likely N-dealkylation sites (N-methyl/N-ethyl adjacent to an activating group) is 1. The fraction of sp³-hybridized carbons (Fsp3) is 0.808. The number of nitrogens with one attached hydrogen (secondary N) is 1. The number of carbonyl (C=O) groups excluding carboxylic acids is 4. The number of tetrazole rings is 1. The van der Waals surface area contributed by atoms with Crippen LogP contribution in [0.3, 0.4) is 0 Å². The molecule has 20 atom stereocenters. The fourth-order valence-electron chi connectivity index (χ4n) is 11.5. The third kappa shape index (κ3) is 14.8. The fourth-order valence-corrected chi connectivity index (χ4v) is 14.8. The summed E-state index contributed by atoms with van der Waals surface area (Å²) in [6, 6.07) is -1.06. The Labute approximate surface area is 485 Å². The molecule has 0 aromatic carbocycles. The molecular weight excluding hydrogens is 1120 g/mol. The van der Waals surface area contributed by atoms with Gasteiger partial charge in [0, 0.05) is 55.9 Å². The number of esters is 1. The van der Waals surface area contributed by atoms with Crippen LogP contribution in [0.5, 0.6) is 0 Å². The van der Waals surface area contributed by atoms with Crippen molar-refractivity contribution in [2.24, 2.45) is 23.7 Å². The summed E-state index contributed by atoms with van der Waals surface area (Å²) in [6.07, 6.45) is -7.44. The average Bonchev–Trinajstić information content (AvgIpc) is 4.15. The molecule has 4 fully saturated rings. The molecule has 0 aliphatic carbocycles. The van der Waals surface area contributed by atoms with E-state index in [1.807, 2.05) is 39.8 Å². The van der Waals surface area contributed by atoms with Crippen LogP contribution < -0.4 is 5.32 Å². The number of thioether (sulfide) groups is 2. The van der Waals surface area contributed by atoms with Gasteiger partial charge >= 0.3 is 11.9 Å². The van der Waals surface area contributed by atoms with Crippen molar-refractivity contribution < 1.29 is 82.7 Å². The lowest BCUT2D eigenvalue weighted by molar-refractivity contribution is -0.319. The Morgan fingerprint density at radius 2 is 1.63 bits per heavy atom. The van der Waals surface area contributed by atoms with E-state index in [2.05, 4.69) is 31.0 Å². The van der Waals surface area contributed by atoms with E-state index >= 15 is 0 Å². The second-order valence-electron chi connectivity index (χ2n) is 22.7. The van der Waals surface area contributed by atoms with Crippen LogP contribution in [0.4, 0.5) is 0 Å². The predicted molar refractivity (Wildman–Crippen MR) is 294 cm³/mol. The summed E-state index contributed by atoms with van der Waals surface area (Å²) in [5.41, 5.74) is -3.62. The zero-order valence-corrected chi connectivity index (χ0v) is 51.2. The molecule has 456 valence electrons. The van der Waals surface area contributed by atoms with Crippen LogP contribution >= 0.6 is 34.9 Å².